The number of methoxy groups -OCH3 is 1. The van der Waals surface area contributed by atoms with E-state index < -0.39 is 5.97 Å². The number of nitrogens with one attached hydrogen (secondary N) is 2. The molecule has 6 nitrogen and oxygen atoms in total. The minimum atomic E-state index is -0.393. The van der Waals surface area contributed by atoms with E-state index in [0.29, 0.717) is 28.5 Å². The Bertz CT molecular complexity index is 923. The lowest BCUT2D eigenvalue weighted by Gasteiger charge is -2.13. The molecule has 1 aliphatic carbocycles. The molecule has 0 radical (unpaired) electrons. The minimum Gasteiger partial charge on any atom is -0.493 e. The normalized spacial score (nSPS) is 12.2. The smallest absolute Gasteiger partial charge is 0.341 e. The van der Waals surface area contributed by atoms with Crippen LogP contribution in [0.5, 0.6) is 5.75 Å². The summed E-state index contributed by atoms with van der Waals surface area (Å²) in [6.45, 7) is 2.63. The van der Waals surface area contributed by atoms with Crippen molar-refractivity contribution in [2.45, 2.75) is 39.0 Å². The fourth-order valence-electron chi connectivity index (χ4n) is 3.22. The molecule has 0 unspecified atom stereocenters. The average molecular weight is 433 g/mol. The van der Waals surface area contributed by atoms with Crippen LogP contribution < -0.4 is 15.4 Å². The number of aryl methyl sites for hydroxylation is 1. The molecule has 0 spiro atoms. The molecule has 0 fully saturated rings. The Kier molecular flexibility index (Phi) is 7.22. The molecule has 0 atom stereocenters. The first kappa shape index (κ1) is 21.3. The molecular weight excluding hydrogens is 408 g/mol. The molecule has 29 heavy (non-hydrogen) atoms. The molecule has 1 aliphatic rings. The average Bonchev–Trinajstić information content (AvgIpc) is 3.28. The number of para-hydroxylation sites is 1. The van der Waals surface area contributed by atoms with Gasteiger partial charge in [-0.15, -0.1) is 11.3 Å². The number of rotatable bonds is 7. The first-order chi connectivity index (χ1) is 14.0. The fraction of sp³-hybridized carbons (Fsp3) is 0.381. The molecule has 0 bridgehead atoms. The topological polar surface area (TPSA) is 76.7 Å². The number of thiophene rings is 1. The summed E-state index contributed by atoms with van der Waals surface area (Å²) in [5.41, 5.74) is 1.95. The Labute approximate surface area is 179 Å². The van der Waals surface area contributed by atoms with Crippen LogP contribution in [0.2, 0.25) is 0 Å². The van der Waals surface area contributed by atoms with Gasteiger partial charge in [-0.2, -0.15) is 0 Å². The molecule has 154 valence electrons. The maximum absolute atomic E-state index is 12.7. The highest BCUT2D eigenvalue weighted by atomic mass is 32.1. The number of benzene rings is 1. The summed E-state index contributed by atoms with van der Waals surface area (Å²) in [5.74, 6) is -0.236. The highest BCUT2D eigenvalue weighted by Gasteiger charge is 2.27. The first-order valence-corrected chi connectivity index (χ1v) is 10.8. The third-order valence-corrected chi connectivity index (χ3v) is 6.06. The largest absolute Gasteiger partial charge is 0.493 e. The van der Waals surface area contributed by atoms with Gasteiger partial charge < -0.3 is 14.8 Å². The lowest BCUT2D eigenvalue weighted by molar-refractivity contribution is 0.0601. The molecule has 8 heteroatoms. The van der Waals surface area contributed by atoms with Gasteiger partial charge in [0.05, 0.1) is 24.8 Å². The monoisotopic (exact) mass is 432 g/mol. The Morgan fingerprint density at radius 1 is 1.24 bits per heavy atom. The van der Waals surface area contributed by atoms with Crippen LogP contribution in [0.15, 0.2) is 24.3 Å². The Morgan fingerprint density at radius 2 is 2.03 bits per heavy atom. The Balaban J connectivity index is 1.71. The van der Waals surface area contributed by atoms with E-state index in [4.69, 9.17) is 21.7 Å². The summed E-state index contributed by atoms with van der Waals surface area (Å²) in [6, 6.07) is 7.06. The second-order valence-electron chi connectivity index (χ2n) is 6.66. The van der Waals surface area contributed by atoms with Gasteiger partial charge in [0.1, 0.15) is 10.8 Å². The van der Waals surface area contributed by atoms with Gasteiger partial charge in [0, 0.05) is 4.88 Å². The lowest BCUT2D eigenvalue weighted by atomic mass is 10.1. The number of unbranched alkanes of at least 4 members (excludes halogenated alkanes) is 1. The fourth-order valence-corrected chi connectivity index (χ4v) is 4.76. The quantitative estimate of drug-likeness (QED) is 0.385. The molecule has 0 saturated heterocycles. The van der Waals surface area contributed by atoms with Crippen LogP contribution in [0.3, 0.4) is 0 Å². The molecule has 1 aromatic heterocycles. The molecule has 2 aromatic rings. The van der Waals surface area contributed by atoms with Gasteiger partial charge in [0.15, 0.2) is 5.11 Å². The van der Waals surface area contributed by atoms with Gasteiger partial charge in [0.25, 0.3) is 5.91 Å². The summed E-state index contributed by atoms with van der Waals surface area (Å²) in [6.07, 6.45) is 4.74. The van der Waals surface area contributed by atoms with Crippen molar-refractivity contribution in [1.29, 1.82) is 0 Å². The van der Waals surface area contributed by atoms with Crippen LogP contribution >= 0.6 is 23.6 Å². The zero-order chi connectivity index (χ0) is 20.8. The molecule has 3 rings (SSSR count). The van der Waals surface area contributed by atoms with Crippen molar-refractivity contribution in [1.82, 2.24) is 5.32 Å². The van der Waals surface area contributed by atoms with Gasteiger partial charge in [-0.3, -0.25) is 10.1 Å². The predicted octanol–water partition coefficient (Wildman–Crippen LogP) is 4.33. The van der Waals surface area contributed by atoms with Crippen LogP contribution in [-0.4, -0.2) is 30.7 Å². The Hall–Kier alpha value is -2.45. The Morgan fingerprint density at radius 3 is 2.79 bits per heavy atom. The number of hydrogen-bond acceptors (Lipinski definition) is 6. The second kappa shape index (κ2) is 9.84. The predicted molar refractivity (Wildman–Crippen MR) is 118 cm³/mol. The van der Waals surface area contributed by atoms with E-state index in [9.17, 15) is 9.59 Å². The molecule has 0 aliphatic heterocycles. The van der Waals surface area contributed by atoms with Crippen molar-refractivity contribution in [3.8, 4) is 5.75 Å². The molecule has 0 saturated carbocycles. The number of esters is 1. The van der Waals surface area contributed by atoms with Gasteiger partial charge >= 0.3 is 5.97 Å². The number of amides is 1. The standard InChI is InChI=1S/C21H24N2O4S2/c1-3-4-12-27-15-10-6-5-8-13(15)18(24)22-21(28)23-19-17(20(25)26-2)14-9-7-11-16(14)29-19/h5-6,8,10H,3-4,7,9,11-12H2,1-2H3,(H2,22,23,24,28). The molecule has 1 amide bonds. The van der Waals surface area contributed by atoms with E-state index >= 15 is 0 Å². The van der Waals surface area contributed by atoms with Crippen molar-refractivity contribution in [2.75, 3.05) is 19.0 Å². The molecule has 1 heterocycles. The zero-order valence-electron chi connectivity index (χ0n) is 16.5. The van der Waals surface area contributed by atoms with Gasteiger partial charge in [0.2, 0.25) is 0 Å². The van der Waals surface area contributed by atoms with Crippen LogP contribution in [0, 0.1) is 0 Å². The van der Waals surface area contributed by atoms with E-state index in [0.717, 1.165) is 42.5 Å². The van der Waals surface area contributed by atoms with Crippen LogP contribution in [0.1, 0.15) is 57.3 Å². The number of fused-ring (bicyclic) bond motifs is 1. The van der Waals surface area contributed by atoms with E-state index in [1.54, 1.807) is 18.2 Å². The van der Waals surface area contributed by atoms with Crippen molar-refractivity contribution in [3.05, 3.63) is 45.8 Å². The van der Waals surface area contributed by atoms with Crippen LogP contribution in [0.25, 0.3) is 0 Å². The van der Waals surface area contributed by atoms with E-state index in [2.05, 4.69) is 17.6 Å². The second-order valence-corrected chi connectivity index (χ2v) is 8.17. The number of carbonyl (C=O) groups is 2. The maximum atomic E-state index is 12.7. The highest BCUT2D eigenvalue weighted by molar-refractivity contribution is 7.80. The van der Waals surface area contributed by atoms with Crippen molar-refractivity contribution in [3.63, 3.8) is 0 Å². The first-order valence-electron chi connectivity index (χ1n) is 9.62. The van der Waals surface area contributed by atoms with Gasteiger partial charge in [-0.1, -0.05) is 25.5 Å². The minimum absolute atomic E-state index is 0.128. The summed E-state index contributed by atoms with van der Waals surface area (Å²) < 4.78 is 10.7. The van der Waals surface area contributed by atoms with Crippen molar-refractivity contribution >= 4 is 45.5 Å². The summed E-state index contributed by atoms with van der Waals surface area (Å²) in [5, 5.41) is 6.42. The van der Waals surface area contributed by atoms with Gasteiger partial charge in [-0.25, -0.2) is 4.79 Å². The molecule has 1 aromatic carbocycles. The summed E-state index contributed by atoms with van der Waals surface area (Å²) in [7, 11) is 1.36. The number of anilines is 1. The van der Waals surface area contributed by atoms with E-state index in [-0.39, 0.29) is 11.0 Å². The number of ether oxygens (including phenoxy) is 2. The summed E-state index contributed by atoms with van der Waals surface area (Å²) in [4.78, 5) is 26.1. The third kappa shape index (κ3) is 4.94. The zero-order valence-corrected chi connectivity index (χ0v) is 18.1. The van der Waals surface area contributed by atoms with Crippen molar-refractivity contribution < 1.29 is 19.1 Å². The van der Waals surface area contributed by atoms with Crippen LogP contribution in [0.4, 0.5) is 5.00 Å². The van der Waals surface area contributed by atoms with Crippen LogP contribution in [-0.2, 0) is 17.6 Å². The highest BCUT2D eigenvalue weighted by Crippen LogP contribution is 2.39. The molecular formula is C21H24N2O4S2. The summed E-state index contributed by atoms with van der Waals surface area (Å²) >= 11 is 6.81. The maximum Gasteiger partial charge on any atom is 0.341 e. The SMILES string of the molecule is CCCCOc1ccccc1C(=O)NC(=S)Nc1sc2c(c1C(=O)OC)CCC2. The number of thiocarbonyl (C=S) groups is 1. The lowest BCUT2D eigenvalue weighted by Crippen LogP contribution is -2.34. The van der Waals surface area contributed by atoms with Gasteiger partial charge in [-0.05, 0) is 55.6 Å². The third-order valence-electron chi connectivity index (χ3n) is 4.65. The number of hydrogen-bond donors (Lipinski definition) is 2. The van der Waals surface area contributed by atoms with E-state index in [1.807, 2.05) is 6.07 Å². The molecule has 2 N–H and O–H groups in total. The number of carbonyl (C=O) groups excluding carboxylic acids is 2. The van der Waals surface area contributed by atoms with Crippen molar-refractivity contribution in [2.24, 2.45) is 0 Å². The van der Waals surface area contributed by atoms with E-state index in [1.165, 1.54) is 18.4 Å².